The lowest BCUT2D eigenvalue weighted by Crippen LogP contribution is -2.28. The highest BCUT2D eigenvalue weighted by molar-refractivity contribution is 7.99. The van der Waals surface area contributed by atoms with Crippen LogP contribution in [0.2, 0.25) is 0 Å². The number of carbonyl (C=O) groups excluding carboxylic acids is 2. The number of amides is 2. The highest BCUT2D eigenvalue weighted by Crippen LogP contribution is 2.41. The highest BCUT2D eigenvalue weighted by Gasteiger charge is 2.39. The van der Waals surface area contributed by atoms with Gasteiger partial charge in [0.1, 0.15) is 0 Å². The first-order valence-corrected chi connectivity index (χ1v) is 7.50. The van der Waals surface area contributed by atoms with Crippen molar-refractivity contribution in [3.05, 3.63) is 71.3 Å². The van der Waals surface area contributed by atoms with E-state index >= 15 is 0 Å². The van der Waals surface area contributed by atoms with E-state index in [0.29, 0.717) is 11.1 Å². The summed E-state index contributed by atoms with van der Waals surface area (Å²) in [7, 11) is 0. The number of fused-ring (bicyclic) bond motifs is 1. The van der Waals surface area contributed by atoms with Crippen LogP contribution in [0.15, 0.2) is 54.6 Å². The molecule has 1 aliphatic heterocycles. The van der Waals surface area contributed by atoms with E-state index in [0.717, 1.165) is 5.56 Å². The van der Waals surface area contributed by atoms with Gasteiger partial charge in [-0.3, -0.25) is 9.59 Å². The van der Waals surface area contributed by atoms with E-state index in [2.05, 4.69) is 0 Å². The molecule has 0 atom stereocenters. The number of hydrogen-bond donors (Lipinski definition) is 0. The van der Waals surface area contributed by atoms with Gasteiger partial charge in [0.15, 0.2) is 0 Å². The molecular formula is C17H15NO2S. The van der Waals surface area contributed by atoms with Crippen LogP contribution in [-0.2, 0) is 4.75 Å². The van der Waals surface area contributed by atoms with Gasteiger partial charge in [-0.1, -0.05) is 42.5 Å². The third-order valence-corrected chi connectivity index (χ3v) is 4.75. The van der Waals surface area contributed by atoms with E-state index in [1.807, 2.05) is 44.2 Å². The van der Waals surface area contributed by atoms with Crippen LogP contribution in [0.5, 0.6) is 0 Å². The summed E-state index contributed by atoms with van der Waals surface area (Å²) in [5, 5.41) is 0. The number of nitrogens with zero attached hydrogens (tertiary/aromatic N) is 1. The Hall–Kier alpha value is -2.07. The van der Waals surface area contributed by atoms with Gasteiger partial charge in [0, 0.05) is 0 Å². The van der Waals surface area contributed by atoms with Crippen molar-refractivity contribution in [1.29, 1.82) is 0 Å². The largest absolute Gasteiger partial charge is 0.271 e. The van der Waals surface area contributed by atoms with Crippen LogP contribution in [0, 0.1) is 0 Å². The minimum atomic E-state index is -0.366. The Morgan fingerprint density at radius 3 is 1.81 bits per heavy atom. The minimum absolute atomic E-state index is 0.232. The number of rotatable bonds is 3. The molecule has 21 heavy (non-hydrogen) atoms. The Kier molecular flexibility index (Phi) is 3.33. The maximum atomic E-state index is 12.4. The van der Waals surface area contributed by atoms with Gasteiger partial charge in [0.05, 0.1) is 15.9 Å². The van der Waals surface area contributed by atoms with Crippen LogP contribution in [0.3, 0.4) is 0 Å². The van der Waals surface area contributed by atoms with Crippen LogP contribution in [-0.4, -0.2) is 16.1 Å². The van der Waals surface area contributed by atoms with Gasteiger partial charge in [-0.25, -0.2) is 4.31 Å². The van der Waals surface area contributed by atoms with Crippen LogP contribution < -0.4 is 0 Å². The van der Waals surface area contributed by atoms with E-state index in [1.165, 1.54) is 16.3 Å². The Balaban J connectivity index is 1.90. The van der Waals surface area contributed by atoms with Crippen LogP contribution in [0.1, 0.15) is 40.1 Å². The summed E-state index contributed by atoms with van der Waals surface area (Å²) in [6.07, 6.45) is 0. The van der Waals surface area contributed by atoms with E-state index in [9.17, 15) is 9.59 Å². The van der Waals surface area contributed by atoms with Crippen LogP contribution in [0.25, 0.3) is 0 Å². The van der Waals surface area contributed by atoms with Gasteiger partial charge < -0.3 is 0 Å². The average Bonchev–Trinajstić information content (AvgIpc) is 2.74. The fourth-order valence-electron chi connectivity index (χ4n) is 2.37. The molecule has 4 heteroatoms. The van der Waals surface area contributed by atoms with Gasteiger partial charge in [0.2, 0.25) is 0 Å². The number of carbonyl (C=O) groups is 2. The molecule has 0 N–H and O–H groups in total. The predicted octanol–water partition coefficient (Wildman–Crippen LogP) is 3.87. The topological polar surface area (TPSA) is 37.4 Å². The summed E-state index contributed by atoms with van der Waals surface area (Å²) in [5.41, 5.74) is 2.05. The normalized spacial score (nSPS) is 14.5. The molecule has 3 nitrogen and oxygen atoms in total. The minimum Gasteiger partial charge on any atom is -0.268 e. The van der Waals surface area contributed by atoms with Crippen molar-refractivity contribution in [3.63, 3.8) is 0 Å². The molecule has 0 bridgehead atoms. The van der Waals surface area contributed by atoms with E-state index in [1.54, 1.807) is 24.3 Å². The molecule has 0 unspecified atom stereocenters. The molecule has 0 spiro atoms. The van der Waals surface area contributed by atoms with Gasteiger partial charge in [-0.05, 0) is 43.5 Å². The van der Waals surface area contributed by atoms with Crippen molar-refractivity contribution in [2.24, 2.45) is 0 Å². The molecule has 2 aromatic carbocycles. The predicted molar refractivity (Wildman–Crippen MR) is 84.0 cm³/mol. The zero-order valence-electron chi connectivity index (χ0n) is 11.9. The van der Waals surface area contributed by atoms with Crippen molar-refractivity contribution < 1.29 is 9.59 Å². The summed E-state index contributed by atoms with van der Waals surface area (Å²) in [5.74, 6) is -0.464. The van der Waals surface area contributed by atoms with Gasteiger partial charge >= 0.3 is 0 Å². The molecule has 0 saturated heterocycles. The number of benzene rings is 2. The molecule has 0 aromatic heterocycles. The Morgan fingerprint density at radius 1 is 0.810 bits per heavy atom. The highest BCUT2D eigenvalue weighted by atomic mass is 32.2. The van der Waals surface area contributed by atoms with Crippen LogP contribution >= 0.6 is 11.9 Å². The lowest BCUT2D eigenvalue weighted by molar-refractivity contribution is 0.0775. The van der Waals surface area contributed by atoms with Crippen molar-refractivity contribution >= 4 is 23.8 Å². The second-order valence-corrected chi connectivity index (χ2v) is 6.99. The fourth-order valence-corrected chi connectivity index (χ4v) is 3.43. The zero-order valence-corrected chi connectivity index (χ0v) is 12.7. The second-order valence-electron chi connectivity index (χ2n) is 5.42. The molecule has 0 radical (unpaired) electrons. The summed E-state index contributed by atoms with van der Waals surface area (Å²) in [6.45, 7) is 4.02. The quantitative estimate of drug-likeness (QED) is 0.637. The maximum Gasteiger partial charge on any atom is 0.271 e. The van der Waals surface area contributed by atoms with E-state index in [-0.39, 0.29) is 16.6 Å². The Bertz CT molecular complexity index is 675. The molecule has 0 aliphatic carbocycles. The summed E-state index contributed by atoms with van der Waals surface area (Å²) in [4.78, 5) is 24.8. The average molecular weight is 297 g/mol. The van der Waals surface area contributed by atoms with E-state index in [4.69, 9.17) is 0 Å². The third kappa shape index (κ3) is 2.36. The summed E-state index contributed by atoms with van der Waals surface area (Å²) in [6, 6.07) is 16.8. The molecule has 1 heterocycles. The molecule has 2 aromatic rings. The third-order valence-electron chi connectivity index (χ3n) is 3.55. The van der Waals surface area contributed by atoms with Crippen molar-refractivity contribution in [3.8, 4) is 0 Å². The molecule has 3 rings (SSSR count). The Morgan fingerprint density at radius 2 is 1.29 bits per heavy atom. The van der Waals surface area contributed by atoms with Gasteiger partial charge in [-0.2, -0.15) is 0 Å². The molecule has 1 aliphatic rings. The van der Waals surface area contributed by atoms with Gasteiger partial charge in [0.25, 0.3) is 11.8 Å². The summed E-state index contributed by atoms with van der Waals surface area (Å²) >= 11 is 1.27. The number of hydrogen-bond acceptors (Lipinski definition) is 3. The lowest BCUT2D eigenvalue weighted by Gasteiger charge is -2.28. The lowest BCUT2D eigenvalue weighted by atomic mass is 10.0. The first-order valence-electron chi connectivity index (χ1n) is 6.73. The summed E-state index contributed by atoms with van der Waals surface area (Å²) < 4.78 is 0.909. The monoisotopic (exact) mass is 297 g/mol. The van der Waals surface area contributed by atoms with Gasteiger partial charge in [-0.15, -0.1) is 0 Å². The zero-order chi connectivity index (χ0) is 15.0. The molecule has 0 saturated carbocycles. The molecule has 106 valence electrons. The smallest absolute Gasteiger partial charge is 0.268 e. The number of imide groups is 1. The second kappa shape index (κ2) is 5.04. The van der Waals surface area contributed by atoms with Crippen molar-refractivity contribution in [2.45, 2.75) is 18.6 Å². The molecular weight excluding hydrogens is 282 g/mol. The first-order chi connectivity index (χ1) is 10.0. The molecule has 2 amide bonds. The van der Waals surface area contributed by atoms with Crippen LogP contribution in [0.4, 0.5) is 0 Å². The van der Waals surface area contributed by atoms with Crippen molar-refractivity contribution in [1.82, 2.24) is 4.31 Å². The Labute approximate surface area is 128 Å². The standard InChI is InChI=1S/C17H15NO2S/c1-17(2,12-8-4-3-5-9-12)21-18-15(19)13-10-6-7-11-14(13)16(18)20/h3-11H,1-2H3. The van der Waals surface area contributed by atoms with Crippen molar-refractivity contribution in [2.75, 3.05) is 0 Å². The SMILES string of the molecule is CC(C)(SN1C(=O)c2ccccc2C1=O)c1ccccc1. The maximum absolute atomic E-state index is 12.4. The van der Waals surface area contributed by atoms with E-state index < -0.39 is 0 Å². The fraction of sp³-hybridized carbons (Fsp3) is 0.176. The first kappa shape index (κ1) is 13.9. The molecule has 0 fully saturated rings.